The van der Waals surface area contributed by atoms with Crippen LogP contribution in [-0.4, -0.2) is 56.4 Å². The van der Waals surface area contributed by atoms with Crippen LogP contribution in [0.15, 0.2) is 35.7 Å². The molecule has 1 aromatic carbocycles. The van der Waals surface area contributed by atoms with Crippen LogP contribution >= 0.6 is 11.3 Å². The smallest absolute Gasteiger partial charge is 0.313 e. The fraction of sp³-hybridized carbons (Fsp3) is 0.368. The maximum absolute atomic E-state index is 12.3. The van der Waals surface area contributed by atoms with Gasteiger partial charge in [-0.3, -0.25) is 14.5 Å². The lowest BCUT2D eigenvalue weighted by Gasteiger charge is -2.34. The lowest BCUT2D eigenvalue weighted by Crippen LogP contribution is -2.45. The Kier molecular flexibility index (Phi) is 5.75. The Morgan fingerprint density at radius 1 is 1.11 bits per heavy atom. The Morgan fingerprint density at radius 2 is 1.93 bits per heavy atom. The largest absolute Gasteiger partial charge is 0.454 e. The van der Waals surface area contributed by atoms with Gasteiger partial charge in [-0.1, -0.05) is 6.07 Å². The fourth-order valence-electron chi connectivity index (χ4n) is 3.21. The highest BCUT2D eigenvalue weighted by Gasteiger charge is 2.25. The summed E-state index contributed by atoms with van der Waals surface area (Å²) >= 11 is 1.64. The van der Waals surface area contributed by atoms with E-state index in [-0.39, 0.29) is 12.8 Å². The number of nitrogens with zero attached hydrogens (tertiary/aromatic N) is 1. The molecule has 2 aliphatic rings. The summed E-state index contributed by atoms with van der Waals surface area (Å²) in [6, 6.07) is 9.05. The molecule has 148 valence electrons. The van der Waals surface area contributed by atoms with Gasteiger partial charge in [0.25, 0.3) is 0 Å². The molecule has 2 aliphatic heterocycles. The third-order valence-corrected chi connectivity index (χ3v) is 5.62. The Bertz CT molecular complexity index is 836. The van der Waals surface area contributed by atoms with Gasteiger partial charge >= 0.3 is 11.8 Å². The lowest BCUT2D eigenvalue weighted by atomic mass is 10.2. The molecule has 0 spiro atoms. The predicted molar refractivity (Wildman–Crippen MR) is 104 cm³/mol. The molecule has 0 radical (unpaired) electrons. The molecule has 0 bridgehead atoms. The quantitative estimate of drug-likeness (QED) is 0.738. The van der Waals surface area contributed by atoms with Gasteiger partial charge in [-0.15, -0.1) is 11.3 Å². The summed E-state index contributed by atoms with van der Waals surface area (Å²) in [6.45, 7) is 3.43. The zero-order chi connectivity index (χ0) is 19.3. The highest BCUT2D eigenvalue weighted by atomic mass is 32.1. The molecule has 0 saturated carbocycles. The molecule has 2 amide bonds. The van der Waals surface area contributed by atoms with Crippen LogP contribution in [-0.2, 0) is 14.3 Å². The number of carbonyl (C=O) groups is 2. The number of hydrogen-bond acceptors (Lipinski definition) is 7. The molecule has 1 aromatic heterocycles. The van der Waals surface area contributed by atoms with E-state index < -0.39 is 11.8 Å². The van der Waals surface area contributed by atoms with Crippen molar-refractivity contribution in [3.63, 3.8) is 0 Å². The number of amides is 2. The summed E-state index contributed by atoms with van der Waals surface area (Å²) in [5.41, 5.74) is 0.479. The minimum atomic E-state index is -0.717. The van der Waals surface area contributed by atoms with E-state index in [9.17, 15) is 9.59 Å². The summed E-state index contributed by atoms with van der Waals surface area (Å²) in [5, 5.41) is 7.36. The van der Waals surface area contributed by atoms with E-state index >= 15 is 0 Å². The first-order valence-corrected chi connectivity index (χ1v) is 9.93. The molecule has 1 fully saturated rings. The van der Waals surface area contributed by atoms with Crippen LogP contribution in [0.2, 0.25) is 0 Å². The summed E-state index contributed by atoms with van der Waals surface area (Å²) < 4.78 is 15.9. The number of hydrogen-bond donors (Lipinski definition) is 2. The number of fused-ring (bicyclic) bond motifs is 1. The molecule has 28 heavy (non-hydrogen) atoms. The van der Waals surface area contributed by atoms with Gasteiger partial charge in [-0.2, -0.15) is 0 Å². The van der Waals surface area contributed by atoms with Crippen molar-refractivity contribution in [1.29, 1.82) is 0 Å². The van der Waals surface area contributed by atoms with Crippen molar-refractivity contribution >= 4 is 28.8 Å². The van der Waals surface area contributed by atoms with Crippen molar-refractivity contribution in [1.82, 2.24) is 10.2 Å². The second-order valence-corrected chi connectivity index (χ2v) is 7.39. The van der Waals surface area contributed by atoms with Crippen LogP contribution in [0.1, 0.15) is 10.9 Å². The monoisotopic (exact) mass is 403 g/mol. The lowest BCUT2D eigenvalue weighted by molar-refractivity contribution is -0.136. The number of ether oxygens (including phenoxy) is 3. The van der Waals surface area contributed by atoms with Crippen LogP contribution in [0, 0.1) is 0 Å². The summed E-state index contributed by atoms with van der Waals surface area (Å²) in [6.07, 6.45) is 0. The summed E-state index contributed by atoms with van der Waals surface area (Å²) in [7, 11) is 0. The van der Waals surface area contributed by atoms with Gasteiger partial charge in [0.1, 0.15) is 0 Å². The van der Waals surface area contributed by atoms with Crippen LogP contribution in [0.4, 0.5) is 5.69 Å². The highest BCUT2D eigenvalue weighted by Crippen LogP contribution is 2.34. The normalized spacial score (nSPS) is 17.1. The maximum atomic E-state index is 12.3. The number of rotatable bonds is 5. The van der Waals surface area contributed by atoms with Crippen molar-refractivity contribution in [2.45, 2.75) is 6.04 Å². The number of anilines is 1. The molecular formula is C19H21N3O5S. The van der Waals surface area contributed by atoms with Crippen molar-refractivity contribution in [3.05, 3.63) is 40.6 Å². The molecule has 0 aliphatic carbocycles. The van der Waals surface area contributed by atoms with Gasteiger partial charge in [-0.05, 0) is 23.6 Å². The standard InChI is InChI=1S/C19H21N3O5S/c23-18(19(24)21-13-3-4-15-16(10-13)27-12-26-15)20-11-14(17-2-1-9-28-17)22-5-7-25-8-6-22/h1-4,9-10,14H,5-8,11-12H2,(H,20,23)(H,21,24)/t14-/m1/s1. The molecule has 4 rings (SSSR count). The Labute approximate surface area is 166 Å². The minimum absolute atomic E-state index is 0.0196. The second kappa shape index (κ2) is 8.59. The molecule has 3 heterocycles. The van der Waals surface area contributed by atoms with Gasteiger partial charge in [-0.25, -0.2) is 0 Å². The van der Waals surface area contributed by atoms with Gasteiger partial charge in [0, 0.05) is 36.3 Å². The van der Waals surface area contributed by atoms with E-state index in [1.165, 1.54) is 0 Å². The number of thiophene rings is 1. The van der Waals surface area contributed by atoms with Crippen molar-refractivity contribution in [2.24, 2.45) is 0 Å². The van der Waals surface area contributed by atoms with Crippen LogP contribution in [0.5, 0.6) is 11.5 Å². The van der Waals surface area contributed by atoms with Gasteiger partial charge in [0.2, 0.25) is 6.79 Å². The zero-order valence-corrected chi connectivity index (χ0v) is 16.0. The first-order valence-electron chi connectivity index (χ1n) is 9.05. The van der Waals surface area contributed by atoms with E-state index in [4.69, 9.17) is 14.2 Å². The number of carbonyl (C=O) groups excluding carboxylic acids is 2. The SMILES string of the molecule is O=C(NC[C@H](c1cccs1)N1CCOCC1)C(=O)Nc1ccc2c(c1)OCO2. The van der Waals surface area contributed by atoms with Gasteiger partial charge in [0.05, 0.1) is 19.3 Å². The van der Waals surface area contributed by atoms with Gasteiger partial charge in [0.15, 0.2) is 11.5 Å². The molecule has 8 nitrogen and oxygen atoms in total. The average molecular weight is 403 g/mol. The molecule has 1 saturated heterocycles. The molecule has 2 aromatic rings. The third kappa shape index (κ3) is 4.27. The Balaban J connectivity index is 1.35. The highest BCUT2D eigenvalue weighted by molar-refractivity contribution is 7.10. The van der Waals surface area contributed by atoms with Crippen molar-refractivity contribution < 1.29 is 23.8 Å². The second-order valence-electron chi connectivity index (χ2n) is 6.41. The molecule has 1 atom stereocenters. The number of morpholine rings is 1. The fourth-order valence-corrected chi connectivity index (χ4v) is 4.07. The van der Waals surface area contributed by atoms with Crippen molar-refractivity contribution in [3.8, 4) is 11.5 Å². The van der Waals surface area contributed by atoms with Crippen LogP contribution in [0.25, 0.3) is 0 Å². The Morgan fingerprint density at radius 3 is 2.71 bits per heavy atom. The number of benzene rings is 1. The van der Waals surface area contributed by atoms with E-state index in [1.807, 2.05) is 17.5 Å². The topological polar surface area (TPSA) is 89.1 Å². The average Bonchev–Trinajstić information content (AvgIpc) is 3.40. The van der Waals surface area contributed by atoms with E-state index in [0.717, 1.165) is 18.0 Å². The minimum Gasteiger partial charge on any atom is -0.454 e. The molecule has 9 heteroatoms. The van der Waals surface area contributed by atoms with E-state index in [0.29, 0.717) is 36.9 Å². The van der Waals surface area contributed by atoms with Crippen LogP contribution < -0.4 is 20.1 Å². The van der Waals surface area contributed by atoms with Crippen molar-refractivity contribution in [2.75, 3.05) is 45.0 Å². The van der Waals surface area contributed by atoms with Gasteiger partial charge < -0.3 is 24.8 Å². The van der Waals surface area contributed by atoms with E-state index in [2.05, 4.69) is 15.5 Å². The maximum Gasteiger partial charge on any atom is 0.313 e. The third-order valence-electron chi connectivity index (χ3n) is 4.65. The predicted octanol–water partition coefficient (Wildman–Crippen LogP) is 1.60. The molecular weight excluding hydrogens is 382 g/mol. The number of nitrogens with one attached hydrogen (secondary N) is 2. The van der Waals surface area contributed by atoms with Crippen LogP contribution in [0.3, 0.4) is 0 Å². The first kappa shape index (κ1) is 18.7. The molecule has 2 N–H and O–H groups in total. The summed E-state index contributed by atoms with van der Waals surface area (Å²) in [5.74, 6) is -0.228. The zero-order valence-electron chi connectivity index (χ0n) is 15.2. The summed E-state index contributed by atoms with van der Waals surface area (Å²) in [4.78, 5) is 28.0. The van der Waals surface area contributed by atoms with E-state index in [1.54, 1.807) is 29.5 Å². The molecule has 0 unspecified atom stereocenters. The Hall–Kier alpha value is -2.62. The first-order chi connectivity index (χ1) is 13.7.